The van der Waals surface area contributed by atoms with Crippen molar-refractivity contribution in [2.75, 3.05) is 11.9 Å². The van der Waals surface area contributed by atoms with Gasteiger partial charge in [-0.1, -0.05) is 18.2 Å². The van der Waals surface area contributed by atoms with E-state index >= 15 is 0 Å². The Morgan fingerprint density at radius 2 is 1.89 bits per heavy atom. The molecule has 0 atom stereocenters. The molecule has 0 fully saturated rings. The smallest absolute Gasteiger partial charge is 0.287 e. The highest BCUT2D eigenvalue weighted by Crippen LogP contribution is 2.16. The molecule has 2 N–H and O–H groups in total. The zero-order valence-corrected chi connectivity index (χ0v) is 14.3. The summed E-state index contributed by atoms with van der Waals surface area (Å²) in [5, 5.41) is 5.16. The van der Waals surface area contributed by atoms with Gasteiger partial charge in [-0.05, 0) is 42.0 Å². The Bertz CT molecular complexity index is 925. The average molecular weight is 368 g/mol. The molecule has 2 amide bonds. The maximum absolute atomic E-state index is 13.2. The molecule has 138 valence electrons. The minimum Gasteiger partial charge on any atom is -0.489 e. The summed E-state index contributed by atoms with van der Waals surface area (Å²) in [4.78, 5) is 23.7. The number of carbonyl (C=O) groups is 2. The van der Waals surface area contributed by atoms with Crippen molar-refractivity contribution in [1.82, 2.24) is 5.32 Å². The Balaban J connectivity index is 1.50. The Hall–Kier alpha value is -3.61. The largest absolute Gasteiger partial charge is 0.489 e. The molecule has 0 aliphatic rings. The maximum atomic E-state index is 13.2. The second kappa shape index (κ2) is 8.66. The molecule has 0 unspecified atom stereocenters. The first-order valence-corrected chi connectivity index (χ1v) is 8.19. The molecule has 1 heterocycles. The highest BCUT2D eigenvalue weighted by atomic mass is 19.1. The predicted octanol–water partition coefficient (Wildman–Crippen LogP) is 3.37. The summed E-state index contributed by atoms with van der Waals surface area (Å²) < 4.78 is 23.6. The lowest BCUT2D eigenvalue weighted by atomic mass is 10.2. The fourth-order valence-corrected chi connectivity index (χ4v) is 2.32. The van der Waals surface area contributed by atoms with Gasteiger partial charge >= 0.3 is 0 Å². The van der Waals surface area contributed by atoms with Crippen molar-refractivity contribution in [2.24, 2.45) is 0 Å². The van der Waals surface area contributed by atoms with Crippen molar-refractivity contribution < 1.29 is 23.1 Å². The van der Waals surface area contributed by atoms with Gasteiger partial charge in [0.15, 0.2) is 5.76 Å². The number of halogens is 1. The van der Waals surface area contributed by atoms with E-state index in [0.29, 0.717) is 11.4 Å². The van der Waals surface area contributed by atoms with E-state index < -0.39 is 5.91 Å². The SMILES string of the molecule is O=C(CNC(=O)c1ccco1)Nc1cccc(COc2cccc(F)c2)c1. The molecule has 6 nitrogen and oxygen atoms in total. The number of nitrogens with one attached hydrogen (secondary N) is 2. The Morgan fingerprint density at radius 3 is 2.67 bits per heavy atom. The second-order valence-electron chi connectivity index (χ2n) is 5.65. The van der Waals surface area contributed by atoms with Gasteiger partial charge in [-0.3, -0.25) is 9.59 Å². The van der Waals surface area contributed by atoms with Crippen LogP contribution in [0.2, 0.25) is 0 Å². The summed E-state index contributed by atoms with van der Waals surface area (Å²) in [6.07, 6.45) is 1.38. The van der Waals surface area contributed by atoms with Crippen LogP contribution in [-0.4, -0.2) is 18.4 Å². The van der Waals surface area contributed by atoms with Crippen molar-refractivity contribution >= 4 is 17.5 Å². The van der Waals surface area contributed by atoms with Crippen LogP contribution in [-0.2, 0) is 11.4 Å². The van der Waals surface area contributed by atoms with Crippen LogP contribution in [0.25, 0.3) is 0 Å². The van der Waals surface area contributed by atoms with Gasteiger partial charge in [0.25, 0.3) is 5.91 Å². The maximum Gasteiger partial charge on any atom is 0.287 e. The monoisotopic (exact) mass is 368 g/mol. The number of benzene rings is 2. The summed E-state index contributed by atoms with van der Waals surface area (Å²) in [5.74, 6) is -0.653. The van der Waals surface area contributed by atoms with Crippen molar-refractivity contribution in [2.45, 2.75) is 6.61 Å². The number of ether oxygens (including phenoxy) is 1. The third kappa shape index (κ3) is 5.43. The number of hydrogen-bond donors (Lipinski definition) is 2. The van der Waals surface area contributed by atoms with Crippen LogP contribution in [0.4, 0.5) is 10.1 Å². The Kier molecular flexibility index (Phi) is 5.84. The summed E-state index contributed by atoms with van der Waals surface area (Å²) in [5.41, 5.74) is 1.37. The summed E-state index contributed by atoms with van der Waals surface area (Å²) in [7, 11) is 0. The van der Waals surface area contributed by atoms with Crippen LogP contribution in [0.5, 0.6) is 5.75 Å². The lowest BCUT2D eigenvalue weighted by Gasteiger charge is -2.09. The third-order valence-electron chi connectivity index (χ3n) is 3.57. The van der Waals surface area contributed by atoms with E-state index in [1.165, 1.54) is 24.5 Å². The average Bonchev–Trinajstić information content (AvgIpc) is 3.20. The van der Waals surface area contributed by atoms with Gasteiger partial charge in [-0.25, -0.2) is 4.39 Å². The minimum atomic E-state index is -0.465. The van der Waals surface area contributed by atoms with Crippen LogP contribution >= 0.6 is 0 Å². The Morgan fingerprint density at radius 1 is 1.04 bits per heavy atom. The highest BCUT2D eigenvalue weighted by molar-refractivity contribution is 5.98. The van der Waals surface area contributed by atoms with Gasteiger partial charge in [0.05, 0.1) is 12.8 Å². The van der Waals surface area contributed by atoms with Gasteiger partial charge in [0.2, 0.25) is 5.91 Å². The van der Waals surface area contributed by atoms with Gasteiger partial charge in [-0.15, -0.1) is 0 Å². The van der Waals surface area contributed by atoms with Gasteiger partial charge in [0.1, 0.15) is 18.2 Å². The summed E-state index contributed by atoms with van der Waals surface area (Å²) >= 11 is 0. The van der Waals surface area contributed by atoms with E-state index in [2.05, 4.69) is 10.6 Å². The second-order valence-corrected chi connectivity index (χ2v) is 5.65. The van der Waals surface area contributed by atoms with Gasteiger partial charge in [-0.2, -0.15) is 0 Å². The number of carbonyl (C=O) groups excluding carboxylic acids is 2. The summed E-state index contributed by atoms with van der Waals surface area (Å²) in [6.45, 7) is 0.0337. The van der Waals surface area contributed by atoms with Crippen molar-refractivity contribution in [3.05, 3.63) is 84.1 Å². The molecule has 0 aliphatic carbocycles. The lowest BCUT2D eigenvalue weighted by molar-refractivity contribution is -0.115. The van der Waals surface area contributed by atoms with E-state index in [1.54, 1.807) is 36.4 Å². The first-order valence-electron chi connectivity index (χ1n) is 8.19. The van der Waals surface area contributed by atoms with E-state index in [1.807, 2.05) is 6.07 Å². The van der Waals surface area contributed by atoms with Crippen LogP contribution in [0.15, 0.2) is 71.3 Å². The zero-order chi connectivity index (χ0) is 19.1. The predicted molar refractivity (Wildman–Crippen MR) is 96.8 cm³/mol. The van der Waals surface area contributed by atoms with Crippen molar-refractivity contribution in [3.8, 4) is 5.75 Å². The van der Waals surface area contributed by atoms with Crippen LogP contribution in [0.1, 0.15) is 16.1 Å². The van der Waals surface area contributed by atoms with Gasteiger partial charge in [0, 0.05) is 11.8 Å². The number of furan rings is 1. The molecule has 0 bridgehead atoms. The Labute approximate surface area is 155 Å². The third-order valence-corrected chi connectivity index (χ3v) is 3.57. The molecule has 0 spiro atoms. The number of amides is 2. The quantitative estimate of drug-likeness (QED) is 0.670. The standard InChI is InChI=1S/C20H17FN2O4/c21-15-5-2-7-17(11-15)27-13-14-4-1-6-16(10-14)23-19(24)12-22-20(25)18-8-3-9-26-18/h1-11H,12-13H2,(H,22,25)(H,23,24). The zero-order valence-electron chi connectivity index (χ0n) is 14.3. The molecule has 27 heavy (non-hydrogen) atoms. The molecule has 0 saturated heterocycles. The van der Waals surface area contributed by atoms with Crippen molar-refractivity contribution in [3.63, 3.8) is 0 Å². The molecule has 3 aromatic rings. The van der Waals surface area contributed by atoms with Crippen molar-refractivity contribution in [1.29, 1.82) is 0 Å². The van der Waals surface area contributed by atoms with E-state index in [0.717, 1.165) is 5.56 Å². The molecule has 3 rings (SSSR count). The molecule has 0 radical (unpaired) electrons. The van der Waals surface area contributed by atoms with E-state index in [9.17, 15) is 14.0 Å². The van der Waals surface area contributed by atoms with E-state index in [-0.39, 0.29) is 30.6 Å². The number of rotatable bonds is 7. The molecule has 1 aromatic heterocycles. The fraction of sp³-hybridized carbons (Fsp3) is 0.100. The van der Waals surface area contributed by atoms with E-state index in [4.69, 9.17) is 9.15 Å². The highest BCUT2D eigenvalue weighted by Gasteiger charge is 2.10. The first kappa shape index (κ1) is 18.2. The number of anilines is 1. The van der Waals surface area contributed by atoms with Crippen LogP contribution in [0, 0.1) is 5.82 Å². The fourth-order valence-electron chi connectivity index (χ4n) is 2.32. The number of hydrogen-bond acceptors (Lipinski definition) is 4. The molecular weight excluding hydrogens is 351 g/mol. The molecule has 7 heteroatoms. The van der Waals surface area contributed by atoms with Crippen LogP contribution in [0.3, 0.4) is 0 Å². The first-order chi connectivity index (χ1) is 13.1. The molecular formula is C20H17FN2O4. The van der Waals surface area contributed by atoms with Crippen LogP contribution < -0.4 is 15.4 Å². The minimum absolute atomic E-state index is 0.138. The topological polar surface area (TPSA) is 80.6 Å². The lowest BCUT2D eigenvalue weighted by Crippen LogP contribution is -2.32. The normalized spacial score (nSPS) is 10.3. The molecule has 0 aliphatic heterocycles. The molecule has 0 saturated carbocycles. The molecule has 2 aromatic carbocycles. The summed E-state index contributed by atoms with van der Waals surface area (Å²) in [6, 6.07) is 16.0. The van der Waals surface area contributed by atoms with Gasteiger partial charge < -0.3 is 19.8 Å².